The summed E-state index contributed by atoms with van der Waals surface area (Å²) in [7, 11) is 0. The summed E-state index contributed by atoms with van der Waals surface area (Å²) in [5.41, 5.74) is 2.09. The van der Waals surface area contributed by atoms with E-state index in [-0.39, 0.29) is 11.2 Å². The van der Waals surface area contributed by atoms with Crippen LogP contribution in [0.5, 0.6) is 0 Å². The van der Waals surface area contributed by atoms with Gasteiger partial charge in [-0.25, -0.2) is 0 Å². The Bertz CT molecular complexity index is 945. The van der Waals surface area contributed by atoms with Gasteiger partial charge in [-0.2, -0.15) is 13.2 Å². The molecule has 4 rings (SSSR count). The van der Waals surface area contributed by atoms with E-state index in [2.05, 4.69) is 5.32 Å². The van der Waals surface area contributed by atoms with Crippen molar-refractivity contribution in [2.75, 3.05) is 5.32 Å². The zero-order valence-corrected chi connectivity index (χ0v) is 15.7. The Labute approximate surface area is 161 Å². The molecule has 2 aliphatic rings. The quantitative estimate of drug-likeness (QED) is 0.658. The molecule has 1 saturated carbocycles. The van der Waals surface area contributed by atoms with Crippen LogP contribution in [0.4, 0.5) is 24.5 Å². The van der Waals surface area contributed by atoms with Gasteiger partial charge >= 0.3 is 6.18 Å². The maximum absolute atomic E-state index is 13.1. The fourth-order valence-electron chi connectivity index (χ4n) is 4.17. The van der Waals surface area contributed by atoms with E-state index in [9.17, 15) is 18.0 Å². The Balaban J connectivity index is 1.80. The molecule has 1 N–H and O–H groups in total. The van der Waals surface area contributed by atoms with Crippen molar-refractivity contribution in [3.05, 3.63) is 59.7 Å². The van der Waals surface area contributed by atoms with Crippen LogP contribution < -0.4 is 5.32 Å². The number of hydrogen-bond acceptors (Lipinski definition) is 3. The monoisotopic (exact) mass is 386 g/mol. The smallest absolute Gasteiger partial charge is 0.375 e. The lowest BCUT2D eigenvalue weighted by Gasteiger charge is -2.37. The van der Waals surface area contributed by atoms with Crippen LogP contribution in [0, 0.1) is 11.3 Å². The van der Waals surface area contributed by atoms with Gasteiger partial charge in [0.2, 0.25) is 0 Å². The summed E-state index contributed by atoms with van der Waals surface area (Å²) in [4.78, 5) is 17.9. The van der Waals surface area contributed by atoms with Crippen molar-refractivity contribution in [1.82, 2.24) is 0 Å². The number of anilines is 1. The molecule has 3 nitrogen and oxygen atoms in total. The van der Waals surface area contributed by atoms with Crippen LogP contribution in [0.25, 0.3) is 0 Å². The van der Waals surface area contributed by atoms with Crippen LogP contribution >= 0.6 is 0 Å². The summed E-state index contributed by atoms with van der Waals surface area (Å²) in [5, 5.41) is 3.37. The molecule has 6 heteroatoms. The van der Waals surface area contributed by atoms with Gasteiger partial charge in [-0.3, -0.25) is 9.79 Å². The van der Waals surface area contributed by atoms with Gasteiger partial charge < -0.3 is 5.32 Å². The van der Waals surface area contributed by atoms with Crippen LogP contribution in [0.3, 0.4) is 0 Å². The number of Topliss-reactive ketones (excluding diaryl/α,β-unsaturated/α-hetero) is 1. The van der Waals surface area contributed by atoms with Crippen molar-refractivity contribution in [3.63, 3.8) is 0 Å². The molecule has 2 aromatic rings. The van der Waals surface area contributed by atoms with E-state index in [0.29, 0.717) is 18.4 Å². The first-order valence-corrected chi connectivity index (χ1v) is 9.27. The molecular formula is C22H21F3N2O. The van der Waals surface area contributed by atoms with Gasteiger partial charge in [0.1, 0.15) is 5.78 Å². The van der Waals surface area contributed by atoms with Gasteiger partial charge in [0.25, 0.3) is 0 Å². The number of carbonyl (C=O) groups is 1. The molecule has 1 aliphatic carbocycles. The number of halogens is 3. The lowest BCUT2D eigenvalue weighted by molar-refractivity contribution is -0.137. The number of para-hydroxylation sites is 2. The number of hydrogen-bond donors (Lipinski definition) is 1. The van der Waals surface area contributed by atoms with E-state index < -0.39 is 23.7 Å². The Morgan fingerprint density at radius 3 is 2.39 bits per heavy atom. The number of alkyl halides is 3. The van der Waals surface area contributed by atoms with E-state index in [1.807, 2.05) is 38.1 Å². The van der Waals surface area contributed by atoms with E-state index in [1.54, 1.807) is 0 Å². The topological polar surface area (TPSA) is 41.5 Å². The number of nitrogens with zero attached hydrogens (tertiary/aromatic N) is 1. The van der Waals surface area contributed by atoms with Gasteiger partial charge in [0, 0.05) is 12.1 Å². The highest BCUT2D eigenvalue weighted by Crippen LogP contribution is 2.45. The highest BCUT2D eigenvalue weighted by Gasteiger charge is 2.44. The Kier molecular flexibility index (Phi) is 4.32. The minimum absolute atomic E-state index is 0.0696. The average Bonchev–Trinajstić information content (AvgIpc) is 2.76. The third kappa shape index (κ3) is 3.43. The zero-order valence-electron chi connectivity index (χ0n) is 15.7. The van der Waals surface area contributed by atoms with Gasteiger partial charge in [-0.05, 0) is 41.7 Å². The fourth-order valence-corrected chi connectivity index (χ4v) is 4.17. The highest BCUT2D eigenvalue weighted by molar-refractivity contribution is 6.10. The molecule has 0 aromatic heterocycles. The predicted octanol–water partition coefficient (Wildman–Crippen LogP) is 5.95. The maximum Gasteiger partial charge on any atom is 0.416 e. The average molecular weight is 386 g/mol. The van der Waals surface area contributed by atoms with Crippen molar-refractivity contribution in [1.29, 1.82) is 0 Å². The van der Waals surface area contributed by atoms with Crippen LogP contribution in [0.1, 0.15) is 43.9 Å². The molecule has 0 radical (unpaired) electrons. The van der Waals surface area contributed by atoms with Gasteiger partial charge in [-0.1, -0.05) is 38.1 Å². The summed E-state index contributed by atoms with van der Waals surface area (Å²) in [6.07, 6.45) is -3.29. The van der Waals surface area contributed by atoms with Crippen LogP contribution in [-0.4, -0.2) is 11.5 Å². The first-order chi connectivity index (χ1) is 13.1. The number of fused-ring (bicyclic) bond motifs is 2. The molecule has 1 aliphatic heterocycles. The third-order valence-corrected chi connectivity index (χ3v) is 5.43. The number of aliphatic imine (C=N–C) groups is 1. The SMILES string of the molecule is CC1(C)CC(=O)C2C(=Nc3ccccc3N[C@@H]2c2ccc(C(F)(F)F)cc2)C1. The lowest BCUT2D eigenvalue weighted by Crippen LogP contribution is -2.42. The number of carbonyl (C=O) groups excluding carboxylic acids is 1. The molecule has 1 fully saturated rings. The molecule has 28 heavy (non-hydrogen) atoms. The minimum Gasteiger partial charge on any atom is -0.375 e. The fraction of sp³-hybridized carbons (Fsp3) is 0.364. The molecule has 146 valence electrons. The number of rotatable bonds is 1. The summed E-state index contributed by atoms with van der Waals surface area (Å²) < 4.78 is 38.9. The van der Waals surface area contributed by atoms with Crippen molar-refractivity contribution in [3.8, 4) is 0 Å². The molecule has 1 heterocycles. The van der Waals surface area contributed by atoms with E-state index >= 15 is 0 Å². The summed E-state index contributed by atoms with van der Waals surface area (Å²) in [6, 6.07) is 12.1. The Morgan fingerprint density at radius 2 is 1.71 bits per heavy atom. The van der Waals surface area contributed by atoms with Crippen LogP contribution in [0.2, 0.25) is 0 Å². The Morgan fingerprint density at radius 1 is 1.04 bits per heavy atom. The van der Waals surface area contributed by atoms with Crippen molar-refractivity contribution in [2.45, 2.75) is 38.9 Å². The molecular weight excluding hydrogens is 365 g/mol. The standard InChI is InChI=1S/C22H21F3N2O/c1-21(2)11-17-19(18(28)12-21)20(27-16-6-4-3-5-15(16)26-17)13-7-9-14(10-8-13)22(23,24)25/h3-10,19-20,27H,11-12H2,1-2H3/t19?,20-/m1/s1. The molecule has 0 amide bonds. The van der Waals surface area contributed by atoms with Crippen molar-refractivity contribution < 1.29 is 18.0 Å². The first-order valence-electron chi connectivity index (χ1n) is 9.27. The second-order valence-corrected chi connectivity index (χ2v) is 8.32. The van der Waals surface area contributed by atoms with E-state index in [4.69, 9.17) is 4.99 Å². The van der Waals surface area contributed by atoms with Crippen molar-refractivity contribution >= 4 is 22.9 Å². The molecule has 0 saturated heterocycles. The molecule has 2 atom stereocenters. The normalized spacial score (nSPS) is 23.8. The summed E-state index contributed by atoms with van der Waals surface area (Å²) >= 11 is 0. The minimum atomic E-state index is -4.39. The first kappa shape index (κ1) is 18.7. The maximum atomic E-state index is 13.1. The molecule has 2 aromatic carbocycles. The zero-order chi connectivity index (χ0) is 20.1. The Hall–Kier alpha value is -2.63. The van der Waals surface area contributed by atoms with E-state index in [1.165, 1.54) is 12.1 Å². The molecule has 0 bridgehead atoms. The highest BCUT2D eigenvalue weighted by atomic mass is 19.4. The second-order valence-electron chi connectivity index (χ2n) is 8.32. The number of nitrogens with one attached hydrogen (secondary N) is 1. The van der Waals surface area contributed by atoms with Gasteiger partial charge in [-0.15, -0.1) is 0 Å². The number of ketones is 1. The largest absolute Gasteiger partial charge is 0.416 e. The van der Waals surface area contributed by atoms with Crippen LogP contribution in [-0.2, 0) is 11.0 Å². The molecule has 1 unspecified atom stereocenters. The number of benzene rings is 2. The summed E-state index contributed by atoms with van der Waals surface area (Å²) in [6.45, 7) is 4.09. The van der Waals surface area contributed by atoms with Crippen LogP contribution in [0.15, 0.2) is 53.5 Å². The van der Waals surface area contributed by atoms with Crippen molar-refractivity contribution in [2.24, 2.45) is 16.3 Å². The predicted molar refractivity (Wildman–Crippen MR) is 103 cm³/mol. The molecule has 0 spiro atoms. The second kappa shape index (κ2) is 6.47. The lowest BCUT2D eigenvalue weighted by atomic mass is 9.68. The van der Waals surface area contributed by atoms with E-state index in [0.717, 1.165) is 29.2 Å². The van der Waals surface area contributed by atoms with Gasteiger partial charge in [0.15, 0.2) is 0 Å². The van der Waals surface area contributed by atoms with Gasteiger partial charge in [0.05, 0.1) is 28.9 Å². The third-order valence-electron chi connectivity index (χ3n) is 5.43. The summed E-state index contributed by atoms with van der Waals surface area (Å²) in [5.74, 6) is -0.419.